The van der Waals surface area contributed by atoms with E-state index >= 15 is 0 Å². The van der Waals surface area contributed by atoms with Gasteiger partial charge in [0.1, 0.15) is 15.8 Å². The number of hydrogen-bond acceptors (Lipinski definition) is 4. The van der Waals surface area contributed by atoms with E-state index in [9.17, 15) is 0 Å². The van der Waals surface area contributed by atoms with Gasteiger partial charge in [-0.1, -0.05) is 29.5 Å². The van der Waals surface area contributed by atoms with Gasteiger partial charge in [-0.25, -0.2) is 4.98 Å². The Balaban J connectivity index is 0.00000161. The summed E-state index contributed by atoms with van der Waals surface area (Å²) in [6.07, 6.45) is 7.71. The van der Waals surface area contributed by atoms with Crippen molar-refractivity contribution >= 4 is 40.9 Å². The normalized spacial score (nSPS) is 14.0. The summed E-state index contributed by atoms with van der Waals surface area (Å²) in [5.74, 6) is 0.878. The molecule has 5 heteroatoms. The lowest BCUT2D eigenvalue weighted by atomic mass is 10.2. The van der Waals surface area contributed by atoms with Gasteiger partial charge in [-0.05, 0) is 43.0 Å². The van der Waals surface area contributed by atoms with E-state index in [1.54, 1.807) is 18.4 Å². The van der Waals surface area contributed by atoms with Gasteiger partial charge in [-0.2, -0.15) is 0 Å². The average Bonchev–Trinajstić information content (AvgIpc) is 2.75. The zero-order chi connectivity index (χ0) is 13.8. The van der Waals surface area contributed by atoms with E-state index in [0.717, 1.165) is 29.3 Å². The van der Waals surface area contributed by atoms with Gasteiger partial charge in [0, 0.05) is 6.54 Å². The molecular formula is C16H19ClN2OS. The van der Waals surface area contributed by atoms with Crippen molar-refractivity contribution in [2.24, 2.45) is 0 Å². The number of anilines is 1. The SMILES string of the molecule is COc1cccc(C=Cc2nc3c(s2)NCCCC3)c1.Cl. The molecule has 2 aromatic rings. The molecule has 3 nitrogen and oxygen atoms in total. The summed E-state index contributed by atoms with van der Waals surface area (Å²) in [5.41, 5.74) is 2.35. The van der Waals surface area contributed by atoms with Gasteiger partial charge in [0.2, 0.25) is 0 Å². The third-order valence-corrected chi connectivity index (χ3v) is 4.37. The zero-order valence-corrected chi connectivity index (χ0v) is 13.6. The zero-order valence-electron chi connectivity index (χ0n) is 12.0. The van der Waals surface area contributed by atoms with Gasteiger partial charge in [0.15, 0.2) is 0 Å². The molecule has 0 saturated carbocycles. The maximum atomic E-state index is 5.23. The van der Waals surface area contributed by atoms with Crippen molar-refractivity contribution in [1.82, 2.24) is 4.98 Å². The van der Waals surface area contributed by atoms with E-state index in [2.05, 4.69) is 23.5 Å². The standard InChI is InChI=1S/C16H18N2OS.ClH/c1-19-13-6-4-5-12(11-13)8-9-15-18-14-7-2-3-10-17-16(14)20-15;/h4-6,8-9,11,17H,2-3,7,10H2,1H3;1H. The lowest BCUT2D eigenvalue weighted by molar-refractivity contribution is 0.414. The fourth-order valence-corrected chi connectivity index (χ4v) is 3.22. The number of methoxy groups -OCH3 is 1. The van der Waals surface area contributed by atoms with Crippen molar-refractivity contribution in [3.63, 3.8) is 0 Å². The number of nitrogens with one attached hydrogen (secondary N) is 1. The number of thiazole rings is 1. The lowest BCUT2D eigenvalue weighted by Crippen LogP contribution is -1.96. The predicted molar refractivity (Wildman–Crippen MR) is 92.7 cm³/mol. The van der Waals surface area contributed by atoms with Gasteiger partial charge in [0.25, 0.3) is 0 Å². The summed E-state index contributed by atoms with van der Waals surface area (Å²) < 4.78 is 5.23. The van der Waals surface area contributed by atoms with Crippen LogP contribution in [0.5, 0.6) is 5.75 Å². The molecule has 1 aliphatic rings. The number of benzene rings is 1. The molecule has 1 aromatic carbocycles. The number of ether oxygens (including phenoxy) is 1. The maximum Gasteiger partial charge on any atom is 0.119 e. The molecule has 21 heavy (non-hydrogen) atoms. The van der Waals surface area contributed by atoms with Crippen LogP contribution in [0.3, 0.4) is 0 Å². The number of fused-ring (bicyclic) bond motifs is 1. The quantitative estimate of drug-likeness (QED) is 0.904. The molecule has 0 spiro atoms. The van der Waals surface area contributed by atoms with Crippen LogP contribution < -0.4 is 10.1 Å². The summed E-state index contributed by atoms with van der Waals surface area (Å²) in [7, 11) is 1.69. The van der Waals surface area contributed by atoms with Gasteiger partial charge < -0.3 is 10.1 Å². The maximum absolute atomic E-state index is 5.23. The largest absolute Gasteiger partial charge is 0.497 e. The third kappa shape index (κ3) is 3.99. The van der Waals surface area contributed by atoms with Crippen LogP contribution in [0.2, 0.25) is 0 Å². The van der Waals surface area contributed by atoms with Crippen molar-refractivity contribution in [2.45, 2.75) is 19.3 Å². The van der Waals surface area contributed by atoms with Crippen molar-refractivity contribution in [2.75, 3.05) is 19.0 Å². The van der Waals surface area contributed by atoms with Crippen molar-refractivity contribution in [1.29, 1.82) is 0 Å². The second-order valence-electron chi connectivity index (χ2n) is 4.82. The topological polar surface area (TPSA) is 34.1 Å². The molecule has 2 heterocycles. The number of hydrogen-bond donors (Lipinski definition) is 1. The Morgan fingerprint density at radius 1 is 1.29 bits per heavy atom. The van der Waals surface area contributed by atoms with E-state index < -0.39 is 0 Å². The molecule has 1 aliphatic heterocycles. The molecular weight excluding hydrogens is 304 g/mol. The molecule has 0 unspecified atom stereocenters. The highest BCUT2D eigenvalue weighted by Gasteiger charge is 2.12. The van der Waals surface area contributed by atoms with Crippen LogP contribution in [0.4, 0.5) is 5.00 Å². The Hall–Kier alpha value is -1.52. The number of aromatic nitrogens is 1. The molecule has 0 radical (unpaired) electrons. The first kappa shape index (κ1) is 15.9. The second kappa shape index (κ2) is 7.48. The Morgan fingerprint density at radius 3 is 3.05 bits per heavy atom. The molecule has 1 N–H and O–H groups in total. The summed E-state index contributed by atoms with van der Waals surface area (Å²) >= 11 is 1.74. The molecule has 0 fully saturated rings. The Bertz CT molecular complexity index is 601. The number of halogens is 1. The first-order valence-electron chi connectivity index (χ1n) is 6.91. The van der Waals surface area contributed by atoms with Crippen LogP contribution in [-0.2, 0) is 6.42 Å². The number of rotatable bonds is 3. The Kier molecular flexibility index (Phi) is 5.65. The van der Waals surface area contributed by atoms with Crippen LogP contribution in [0.25, 0.3) is 12.2 Å². The molecule has 0 aliphatic carbocycles. The van der Waals surface area contributed by atoms with Crippen molar-refractivity contribution in [3.8, 4) is 5.75 Å². The monoisotopic (exact) mass is 322 g/mol. The third-order valence-electron chi connectivity index (χ3n) is 3.35. The van der Waals surface area contributed by atoms with Gasteiger partial charge in [-0.3, -0.25) is 0 Å². The van der Waals surface area contributed by atoms with E-state index in [-0.39, 0.29) is 12.4 Å². The predicted octanol–water partition coefficient (Wildman–Crippen LogP) is 4.49. The fraction of sp³-hybridized carbons (Fsp3) is 0.312. The van der Waals surface area contributed by atoms with Crippen LogP contribution in [0.1, 0.15) is 29.1 Å². The number of nitrogens with zero attached hydrogens (tertiary/aromatic N) is 1. The molecule has 0 saturated heterocycles. The van der Waals surface area contributed by atoms with Crippen molar-refractivity contribution < 1.29 is 4.74 Å². The molecule has 0 bridgehead atoms. The van der Waals surface area contributed by atoms with E-state index in [1.165, 1.54) is 23.5 Å². The minimum Gasteiger partial charge on any atom is -0.497 e. The summed E-state index contributed by atoms with van der Waals surface area (Å²) in [6, 6.07) is 8.03. The fourth-order valence-electron chi connectivity index (χ4n) is 2.28. The molecule has 1 aromatic heterocycles. The van der Waals surface area contributed by atoms with Crippen LogP contribution in [0, 0.1) is 0 Å². The Labute approximate surface area is 135 Å². The smallest absolute Gasteiger partial charge is 0.119 e. The van der Waals surface area contributed by atoms with Gasteiger partial charge in [-0.15, -0.1) is 12.4 Å². The number of aryl methyl sites for hydroxylation is 1. The molecule has 0 atom stereocenters. The summed E-state index contributed by atoms with van der Waals surface area (Å²) in [6.45, 7) is 1.06. The molecule has 0 amide bonds. The first-order chi connectivity index (χ1) is 9.85. The lowest BCUT2D eigenvalue weighted by Gasteiger charge is -1.99. The Morgan fingerprint density at radius 2 is 2.19 bits per heavy atom. The molecule has 3 rings (SSSR count). The highest BCUT2D eigenvalue weighted by Crippen LogP contribution is 2.29. The van der Waals surface area contributed by atoms with Crippen LogP contribution in [-0.4, -0.2) is 18.6 Å². The van der Waals surface area contributed by atoms with Crippen LogP contribution >= 0.6 is 23.7 Å². The first-order valence-corrected chi connectivity index (χ1v) is 7.72. The van der Waals surface area contributed by atoms with E-state index in [4.69, 9.17) is 9.72 Å². The van der Waals surface area contributed by atoms with E-state index in [1.807, 2.05) is 18.2 Å². The van der Waals surface area contributed by atoms with Gasteiger partial charge in [0.05, 0.1) is 12.8 Å². The molecule has 112 valence electrons. The van der Waals surface area contributed by atoms with Crippen molar-refractivity contribution in [3.05, 3.63) is 40.5 Å². The minimum atomic E-state index is 0. The minimum absolute atomic E-state index is 0. The highest BCUT2D eigenvalue weighted by molar-refractivity contribution is 7.16. The van der Waals surface area contributed by atoms with Crippen LogP contribution in [0.15, 0.2) is 24.3 Å². The summed E-state index contributed by atoms with van der Waals surface area (Å²) in [4.78, 5) is 4.71. The van der Waals surface area contributed by atoms with Gasteiger partial charge >= 0.3 is 0 Å². The average molecular weight is 323 g/mol. The summed E-state index contributed by atoms with van der Waals surface area (Å²) in [5, 5.41) is 5.77. The highest BCUT2D eigenvalue weighted by atomic mass is 35.5. The van der Waals surface area contributed by atoms with E-state index in [0.29, 0.717) is 0 Å². The second-order valence-corrected chi connectivity index (χ2v) is 5.85.